The van der Waals surface area contributed by atoms with Crippen LogP contribution in [0.1, 0.15) is 48.0 Å². The number of esters is 1. The molecule has 0 aromatic rings. The van der Waals surface area contributed by atoms with E-state index in [2.05, 4.69) is 20.8 Å². The molecule has 0 bridgehead atoms. The standard InChI is InChI=1S/C17H33NO5Si/c1-15(2,3)12-10-17(13(19)21-7,23-24(8)9)18(11-12)14(20)22-16(4,5)6/h12,24H,10-11H2,1-9H3/t12-,17-/m0/s1. The van der Waals surface area contributed by atoms with Crippen molar-refractivity contribution in [3.63, 3.8) is 0 Å². The van der Waals surface area contributed by atoms with Gasteiger partial charge >= 0.3 is 12.1 Å². The van der Waals surface area contributed by atoms with Crippen LogP contribution in [0.15, 0.2) is 0 Å². The third kappa shape index (κ3) is 4.72. The minimum absolute atomic E-state index is 0.0715. The highest BCUT2D eigenvalue weighted by Gasteiger charge is 2.58. The molecule has 2 atom stereocenters. The molecule has 0 unspecified atom stereocenters. The third-order valence-electron chi connectivity index (χ3n) is 4.14. The second kappa shape index (κ2) is 7.04. The van der Waals surface area contributed by atoms with Crippen LogP contribution in [-0.2, 0) is 18.7 Å². The number of hydrogen-bond donors (Lipinski definition) is 0. The van der Waals surface area contributed by atoms with Crippen molar-refractivity contribution in [3.8, 4) is 0 Å². The second-order valence-corrected chi connectivity index (χ2v) is 11.1. The van der Waals surface area contributed by atoms with Gasteiger partial charge in [0, 0.05) is 13.0 Å². The van der Waals surface area contributed by atoms with Crippen LogP contribution in [0.3, 0.4) is 0 Å². The lowest BCUT2D eigenvalue weighted by molar-refractivity contribution is -0.173. The SMILES string of the molecule is COC(=O)[C@@]1(O[SiH](C)C)C[C@H](C(C)(C)C)CN1C(=O)OC(C)(C)C. The van der Waals surface area contributed by atoms with Crippen LogP contribution in [0.25, 0.3) is 0 Å². The Hall–Kier alpha value is -1.08. The molecule has 1 saturated heterocycles. The summed E-state index contributed by atoms with van der Waals surface area (Å²) in [5.41, 5.74) is -2.10. The van der Waals surface area contributed by atoms with Gasteiger partial charge in [-0.25, -0.2) is 9.59 Å². The number of carbonyl (C=O) groups is 2. The zero-order chi connectivity index (χ0) is 18.9. The summed E-state index contributed by atoms with van der Waals surface area (Å²) in [7, 11) is -0.299. The monoisotopic (exact) mass is 359 g/mol. The smallest absolute Gasteiger partial charge is 0.413 e. The zero-order valence-electron chi connectivity index (χ0n) is 16.6. The minimum atomic E-state index is -1.63. The van der Waals surface area contributed by atoms with Gasteiger partial charge in [-0.15, -0.1) is 0 Å². The molecule has 0 radical (unpaired) electrons. The maximum atomic E-state index is 12.8. The second-order valence-electron chi connectivity index (χ2n) is 8.80. The van der Waals surface area contributed by atoms with E-state index in [9.17, 15) is 9.59 Å². The Bertz CT molecular complexity index is 480. The van der Waals surface area contributed by atoms with Gasteiger partial charge in [0.25, 0.3) is 0 Å². The molecule has 1 aliphatic rings. The first-order chi connectivity index (χ1) is 10.7. The molecule has 0 spiro atoms. The highest BCUT2D eigenvalue weighted by Crippen LogP contribution is 2.44. The molecule has 1 amide bonds. The van der Waals surface area contributed by atoms with Crippen LogP contribution >= 0.6 is 0 Å². The van der Waals surface area contributed by atoms with Gasteiger partial charge in [0.05, 0.1) is 7.11 Å². The van der Waals surface area contributed by atoms with Crippen LogP contribution in [0.4, 0.5) is 4.79 Å². The van der Waals surface area contributed by atoms with Crippen molar-refractivity contribution in [2.24, 2.45) is 11.3 Å². The first-order valence-corrected chi connectivity index (χ1v) is 11.3. The Labute approximate surface area is 147 Å². The van der Waals surface area contributed by atoms with Crippen LogP contribution < -0.4 is 0 Å². The summed E-state index contributed by atoms with van der Waals surface area (Å²) in [6.45, 7) is 16.1. The Balaban J connectivity index is 3.30. The van der Waals surface area contributed by atoms with E-state index < -0.39 is 32.4 Å². The van der Waals surface area contributed by atoms with Gasteiger partial charge in [-0.3, -0.25) is 4.90 Å². The number of amides is 1. The summed E-state index contributed by atoms with van der Waals surface area (Å²) >= 11 is 0. The molecule has 24 heavy (non-hydrogen) atoms. The van der Waals surface area contributed by atoms with Gasteiger partial charge in [0.2, 0.25) is 5.72 Å². The summed E-state index contributed by atoms with van der Waals surface area (Å²) < 4.78 is 16.7. The fourth-order valence-corrected chi connectivity index (χ4v) is 4.00. The van der Waals surface area contributed by atoms with Gasteiger partial charge in [0.1, 0.15) is 5.60 Å². The van der Waals surface area contributed by atoms with Crippen molar-refractivity contribution in [2.45, 2.75) is 72.4 Å². The lowest BCUT2D eigenvalue weighted by Crippen LogP contribution is -2.58. The molecule has 7 heteroatoms. The van der Waals surface area contributed by atoms with E-state index in [1.807, 2.05) is 13.1 Å². The first kappa shape index (κ1) is 21.0. The van der Waals surface area contributed by atoms with Crippen LogP contribution in [0.2, 0.25) is 13.1 Å². The predicted octanol–water partition coefficient (Wildman–Crippen LogP) is 3.16. The van der Waals surface area contributed by atoms with Crippen LogP contribution in [0, 0.1) is 11.3 Å². The normalized spacial score (nSPS) is 25.1. The number of likely N-dealkylation sites (tertiary alicyclic amines) is 1. The van der Waals surface area contributed by atoms with Gasteiger partial charge in [-0.2, -0.15) is 0 Å². The van der Waals surface area contributed by atoms with Crippen LogP contribution in [-0.4, -0.2) is 51.0 Å². The largest absolute Gasteiger partial charge is 0.465 e. The van der Waals surface area contributed by atoms with E-state index in [0.717, 1.165) is 0 Å². The molecule has 6 nitrogen and oxygen atoms in total. The van der Waals surface area contributed by atoms with Crippen molar-refractivity contribution in [3.05, 3.63) is 0 Å². The summed E-state index contributed by atoms with van der Waals surface area (Å²) in [6, 6.07) is 0. The van der Waals surface area contributed by atoms with Crippen LogP contribution in [0.5, 0.6) is 0 Å². The minimum Gasteiger partial charge on any atom is -0.465 e. The van der Waals surface area contributed by atoms with E-state index in [4.69, 9.17) is 13.9 Å². The van der Waals surface area contributed by atoms with E-state index in [0.29, 0.717) is 13.0 Å². The quantitative estimate of drug-likeness (QED) is 0.572. The molecule has 140 valence electrons. The van der Waals surface area contributed by atoms with Crippen molar-refractivity contribution < 1.29 is 23.5 Å². The average Bonchev–Trinajstić information content (AvgIpc) is 2.75. The molecular weight excluding hydrogens is 326 g/mol. The topological polar surface area (TPSA) is 65.1 Å². The predicted molar refractivity (Wildman–Crippen MR) is 95.2 cm³/mol. The van der Waals surface area contributed by atoms with Gasteiger partial charge < -0.3 is 13.9 Å². The molecule has 1 heterocycles. The van der Waals surface area contributed by atoms with Crippen molar-refractivity contribution in [2.75, 3.05) is 13.7 Å². The number of nitrogens with zero attached hydrogens (tertiary/aromatic N) is 1. The molecule has 0 N–H and O–H groups in total. The molecular formula is C17H33NO5Si. The molecule has 1 fully saturated rings. The van der Waals surface area contributed by atoms with E-state index in [1.165, 1.54) is 12.0 Å². The van der Waals surface area contributed by atoms with Crippen molar-refractivity contribution in [1.82, 2.24) is 4.90 Å². The Morgan fingerprint density at radius 2 is 1.67 bits per heavy atom. The fourth-order valence-electron chi connectivity index (χ4n) is 2.90. The highest BCUT2D eigenvalue weighted by molar-refractivity contribution is 6.48. The lowest BCUT2D eigenvalue weighted by Gasteiger charge is -2.37. The van der Waals surface area contributed by atoms with E-state index in [1.54, 1.807) is 20.8 Å². The third-order valence-corrected chi connectivity index (χ3v) is 5.00. The average molecular weight is 360 g/mol. The number of rotatable bonds is 3. The zero-order valence-corrected chi connectivity index (χ0v) is 17.7. The summed E-state index contributed by atoms with van der Waals surface area (Å²) in [6.07, 6.45) is -0.109. The Morgan fingerprint density at radius 1 is 1.12 bits per heavy atom. The van der Waals surface area contributed by atoms with Crippen molar-refractivity contribution in [1.29, 1.82) is 0 Å². The lowest BCUT2D eigenvalue weighted by atomic mass is 9.79. The Morgan fingerprint density at radius 3 is 2.04 bits per heavy atom. The van der Waals surface area contributed by atoms with E-state index in [-0.39, 0.29) is 11.3 Å². The maximum absolute atomic E-state index is 12.8. The summed E-state index contributed by atoms with van der Waals surface area (Å²) in [5.74, 6) is -0.418. The first-order valence-electron chi connectivity index (χ1n) is 8.50. The Kier molecular flexibility index (Phi) is 6.14. The van der Waals surface area contributed by atoms with Gasteiger partial charge in [-0.1, -0.05) is 20.8 Å². The maximum Gasteiger partial charge on any atom is 0.413 e. The van der Waals surface area contributed by atoms with Crippen molar-refractivity contribution >= 4 is 21.1 Å². The number of carbonyl (C=O) groups excluding carboxylic acids is 2. The summed E-state index contributed by atoms with van der Waals surface area (Å²) in [4.78, 5) is 26.9. The van der Waals surface area contributed by atoms with Gasteiger partial charge in [0.15, 0.2) is 9.04 Å². The molecule has 1 aliphatic heterocycles. The molecule has 0 aliphatic carbocycles. The number of ether oxygens (including phenoxy) is 2. The number of hydrogen-bond acceptors (Lipinski definition) is 5. The number of methoxy groups -OCH3 is 1. The van der Waals surface area contributed by atoms with E-state index >= 15 is 0 Å². The molecule has 0 aromatic carbocycles. The molecule has 0 aromatic heterocycles. The molecule has 1 rings (SSSR count). The highest BCUT2D eigenvalue weighted by atomic mass is 28.3. The van der Waals surface area contributed by atoms with Gasteiger partial charge in [-0.05, 0) is 45.2 Å². The fraction of sp³-hybridized carbons (Fsp3) is 0.882. The summed E-state index contributed by atoms with van der Waals surface area (Å²) in [5, 5.41) is 0. The molecule has 0 saturated carbocycles.